The van der Waals surface area contributed by atoms with Crippen LogP contribution in [0.1, 0.15) is 24.4 Å². The van der Waals surface area contributed by atoms with E-state index in [2.05, 4.69) is 25.9 Å². The highest BCUT2D eigenvalue weighted by molar-refractivity contribution is 6.32. The van der Waals surface area contributed by atoms with Gasteiger partial charge in [-0.15, -0.1) is 14.8 Å². The molecule has 3 heterocycles. The van der Waals surface area contributed by atoms with Crippen molar-refractivity contribution in [1.29, 1.82) is 0 Å². The number of tetrazole rings is 1. The van der Waals surface area contributed by atoms with Crippen LogP contribution in [-0.2, 0) is 0 Å². The fraction of sp³-hybridized carbons (Fsp3) is 0.286. The van der Waals surface area contributed by atoms with Crippen LogP contribution >= 0.6 is 11.6 Å². The van der Waals surface area contributed by atoms with Gasteiger partial charge in [-0.3, -0.25) is 0 Å². The maximum absolute atomic E-state index is 6.25. The first-order chi connectivity index (χ1) is 10.8. The zero-order chi connectivity index (χ0) is 14.9. The molecule has 1 N–H and O–H groups in total. The number of nitrogens with zero attached hydrogens (tertiary/aromatic N) is 5. The van der Waals surface area contributed by atoms with Crippen molar-refractivity contribution in [3.8, 4) is 5.75 Å². The number of hydrogen-bond donors (Lipinski definition) is 1. The lowest BCUT2D eigenvalue weighted by Gasteiger charge is -2.19. The van der Waals surface area contributed by atoms with E-state index in [9.17, 15) is 0 Å². The number of aromatic nitrogens is 5. The summed E-state index contributed by atoms with van der Waals surface area (Å²) in [5, 5.41) is 19.6. The van der Waals surface area contributed by atoms with Crippen molar-refractivity contribution in [2.45, 2.75) is 18.9 Å². The van der Waals surface area contributed by atoms with Crippen molar-refractivity contribution < 1.29 is 4.74 Å². The van der Waals surface area contributed by atoms with Gasteiger partial charge in [0.1, 0.15) is 11.6 Å². The summed E-state index contributed by atoms with van der Waals surface area (Å²) in [6, 6.07) is 9.57. The van der Waals surface area contributed by atoms with Gasteiger partial charge < -0.3 is 10.1 Å². The van der Waals surface area contributed by atoms with E-state index in [1.54, 1.807) is 0 Å². The molecule has 1 aliphatic heterocycles. The van der Waals surface area contributed by atoms with Gasteiger partial charge in [0, 0.05) is 5.56 Å². The first kappa shape index (κ1) is 13.3. The summed E-state index contributed by atoms with van der Waals surface area (Å²) < 4.78 is 7.17. The average molecular weight is 317 g/mol. The molecule has 0 spiro atoms. The van der Waals surface area contributed by atoms with Gasteiger partial charge in [0.15, 0.2) is 5.65 Å². The van der Waals surface area contributed by atoms with Gasteiger partial charge in [-0.25, -0.2) is 0 Å². The smallest absolute Gasteiger partial charge is 0.200 e. The standard InChI is InChI=1S/C14H13ClN6O/c15-10-4-1-3-9-11(5-2-8-22-14(9)10)16-12-6-7-13-17-19-20-21(13)18-12/h1,3-4,6-7,11H,2,5,8H2,(H,16,18). The molecule has 7 nitrogen and oxygen atoms in total. The van der Waals surface area contributed by atoms with Crippen molar-refractivity contribution in [3.63, 3.8) is 0 Å². The second-order valence-corrected chi connectivity index (χ2v) is 5.50. The summed E-state index contributed by atoms with van der Waals surface area (Å²) in [5.41, 5.74) is 1.65. The molecule has 1 aromatic carbocycles. The van der Waals surface area contributed by atoms with E-state index in [0.29, 0.717) is 23.1 Å². The molecule has 0 bridgehead atoms. The van der Waals surface area contributed by atoms with E-state index >= 15 is 0 Å². The summed E-state index contributed by atoms with van der Waals surface area (Å²) in [5.74, 6) is 1.46. The average Bonchev–Trinajstić information content (AvgIpc) is 2.89. The van der Waals surface area contributed by atoms with Gasteiger partial charge in [-0.05, 0) is 41.5 Å². The molecule has 1 aliphatic rings. The van der Waals surface area contributed by atoms with Crippen molar-refractivity contribution in [2.24, 2.45) is 0 Å². The van der Waals surface area contributed by atoms with Crippen LogP contribution in [0.2, 0.25) is 5.02 Å². The number of anilines is 1. The van der Waals surface area contributed by atoms with Crippen molar-refractivity contribution in [2.75, 3.05) is 11.9 Å². The van der Waals surface area contributed by atoms with Crippen LogP contribution in [0.5, 0.6) is 5.75 Å². The Bertz CT molecular complexity index is 820. The number of halogens is 1. The minimum absolute atomic E-state index is 0.0811. The van der Waals surface area contributed by atoms with Crippen LogP contribution in [0.25, 0.3) is 5.65 Å². The van der Waals surface area contributed by atoms with Crippen LogP contribution < -0.4 is 10.1 Å². The largest absolute Gasteiger partial charge is 0.492 e. The molecule has 0 saturated heterocycles. The van der Waals surface area contributed by atoms with Gasteiger partial charge in [0.05, 0.1) is 17.7 Å². The summed E-state index contributed by atoms with van der Waals surface area (Å²) in [6.45, 7) is 0.661. The molecule has 0 amide bonds. The predicted octanol–water partition coefficient (Wildman–Crippen LogP) is 2.50. The first-order valence-electron chi connectivity index (χ1n) is 7.04. The minimum atomic E-state index is 0.0811. The quantitative estimate of drug-likeness (QED) is 0.782. The van der Waals surface area contributed by atoms with E-state index in [-0.39, 0.29) is 6.04 Å². The summed E-state index contributed by atoms with van der Waals surface area (Å²) >= 11 is 6.25. The van der Waals surface area contributed by atoms with Crippen LogP contribution in [0, 0.1) is 0 Å². The molecule has 0 fully saturated rings. The maximum Gasteiger partial charge on any atom is 0.200 e. The third-order valence-electron chi connectivity index (χ3n) is 3.65. The van der Waals surface area contributed by atoms with Gasteiger partial charge >= 0.3 is 0 Å². The number of fused-ring (bicyclic) bond motifs is 2. The molecular formula is C14H13ClN6O. The zero-order valence-corrected chi connectivity index (χ0v) is 12.4. The number of benzene rings is 1. The summed E-state index contributed by atoms with van der Waals surface area (Å²) in [4.78, 5) is 0. The molecule has 1 atom stereocenters. The second-order valence-electron chi connectivity index (χ2n) is 5.09. The van der Waals surface area contributed by atoms with E-state index in [0.717, 1.165) is 24.2 Å². The monoisotopic (exact) mass is 316 g/mol. The van der Waals surface area contributed by atoms with Crippen LogP contribution in [0.4, 0.5) is 5.82 Å². The lowest BCUT2D eigenvalue weighted by Crippen LogP contribution is -2.12. The zero-order valence-electron chi connectivity index (χ0n) is 11.6. The van der Waals surface area contributed by atoms with E-state index < -0.39 is 0 Å². The van der Waals surface area contributed by atoms with E-state index in [1.807, 2.05) is 30.3 Å². The summed E-state index contributed by atoms with van der Waals surface area (Å²) in [6.07, 6.45) is 1.87. The molecule has 8 heteroatoms. The Hall–Kier alpha value is -2.41. The highest BCUT2D eigenvalue weighted by Crippen LogP contribution is 2.38. The minimum Gasteiger partial charge on any atom is -0.492 e. The van der Waals surface area contributed by atoms with Crippen LogP contribution in [0.3, 0.4) is 0 Å². The third-order valence-corrected chi connectivity index (χ3v) is 3.95. The topological polar surface area (TPSA) is 77.2 Å². The highest BCUT2D eigenvalue weighted by Gasteiger charge is 2.22. The van der Waals surface area contributed by atoms with Gasteiger partial charge in [-0.1, -0.05) is 23.7 Å². The lowest BCUT2D eigenvalue weighted by atomic mass is 10.0. The molecule has 4 rings (SSSR count). The van der Waals surface area contributed by atoms with Gasteiger partial charge in [-0.2, -0.15) is 0 Å². The molecule has 22 heavy (non-hydrogen) atoms. The number of hydrogen-bond acceptors (Lipinski definition) is 6. The van der Waals surface area contributed by atoms with Crippen molar-refractivity contribution >= 4 is 23.1 Å². The molecule has 0 saturated carbocycles. The molecule has 0 radical (unpaired) electrons. The fourth-order valence-electron chi connectivity index (χ4n) is 2.62. The Balaban J connectivity index is 1.68. The number of para-hydroxylation sites is 1. The molecule has 0 aliphatic carbocycles. The Kier molecular flexibility index (Phi) is 3.27. The first-order valence-corrected chi connectivity index (χ1v) is 7.42. The maximum atomic E-state index is 6.25. The second kappa shape index (κ2) is 5.42. The van der Waals surface area contributed by atoms with Crippen molar-refractivity contribution in [3.05, 3.63) is 40.9 Å². The molecule has 112 valence electrons. The van der Waals surface area contributed by atoms with E-state index in [4.69, 9.17) is 16.3 Å². The Morgan fingerprint density at radius 1 is 1.27 bits per heavy atom. The fourth-order valence-corrected chi connectivity index (χ4v) is 2.86. The Morgan fingerprint density at radius 3 is 3.18 bits per heavy atom. The highest BCUT2D eigenvalue weighted by atomic mass is 35.5. The molecule has 3 aromatic rings. The molecular weight excluding hydrogens is 304 g/mol. The van der Waals surface area contributed by atoms with Crippen LogP contribution in [0.15, 0.2) is 30.3 Å². The normalized spacial score (nSPS) is 17.6. The van der Waals surface area contributed by atoms with E-state index in [1.165, 1.54) is 4.63 Å². The van der Waals surface area contributed by atoms with Crippen LogP contribution in [-0.4, -0.2) is 31.9 Å². The molecule has 2 aromatic heterocycles. The Morgan fingerprint density at radius 2 is 2.23 bits per heavy atom. The van der Waals surface area contributed by atoms with Gasteiger partial charge in [0.25, 0.3) is 0 Å². The summed E-state index contributed by atoms with van der Waals surface area (Å²) in [7, 11) is 0. The Labute approximate surface area is 131 Å². The predicted molar refractivity (Wildman–Crippen MR) is 81.1 cm³/mol. The van der Waals surface area contributed by atoms with Crippen molar-refractivity contribution in [1.82, 2.24) is 25.3 Å². The number of nitrogens with one attached hydrogen (secondary N) is 1. The number of rotatable bonds is 2. The SMILES string of the molecule is Clc1cccc2c1OCCCC2Nc1ccc2nnnn2n1. The third kappa shape index (κ3) is 2.33. The van der Waals surface area contributed by atoms with Gasteiger partial charge in [0.2, 0.25) is 0 Å². The molecule has 1 unspecified atom stereocenters. The number of ether oxygens (including phenoxy) is 1. The lowest BCUT2D eigenvalue weighted by molar-refractivity contribution is 0.316.